The molecule has 1 aromatic heterocycles. The second kappa shape index (κ2) is 6.46. The van der Waals surface area contributed by atoms with Gasteiger partial charge in [0.2, 0.25) is 0 Å². The van der Waals surface area contributed by atoms with Crippen LogP contribution in [-0.4, -0.2) is 28.9 Å². The number of piperidine rings is 1. The number of rotatable bonds is 3. The van der Waals surface area contributed by atoms with Crippen LogP contribution in [0.4, 0.5) is 13.2 Å². The summed E-state index contributed by atoms with van der Waals surface area (Å²) in [5.41, 5.74) is 4.58. The highest BCUT2D eigenvalue weighted by atomic mass is 19.2. The number of H-pyrrole nitrogens is 1. The van der Waals surface area contributed by atoms with Crippen LogP contribution in [0.5, 0.6) is 0 Å². The number of carbonyl (C=O) groups is 1. The van der Waals surface area contributed by atoms with Gasteiger partial charge in [-0.25, -0.2) is 13.2 Å². The normalized spacial score (nSPS) is 18.4. The number of aromatic amines is 1. The van der Waals surface area contributed by atoms with E-state index in [1.165, 1.54) is 6.92 Å². The number of allylic oxidation sites excluding steroid dienone is 1. The van der Waals surface area contributed by atoms with Gasteiger partial charge in [0, 0.05) is 35.7 Å². The summed E-state index contributed by atoms with van der Waals surface area (Å²) < 4.78 is 44.1. The zero-order valence-corrected chi connectivity index (χ0v) is 14.1. The van der Waals surface area contributed by atoms with Crippen molar-refractivity contribution in [3.05, 3.63) is 46.5 Å². The molecule has 0 radical (unpaired) electrons. The van der Waals surface area contributed by atoms with Gasteiger partial charge in [0.15, 0.2) is 17.5 Å². The molecule has 1 amide bonds. The van der Waals surface area contributed by atoms with E-state index in [9.17, 15) is 18.0 Å². The van der Waals surface area contributed by atoms with E-state index in [1.807, 2.05) is 24.1 Å². The highest BCUT2D eigenvalue weighted by Gasteiger charge is 2.32. The van der Waals surface area contributed by atoms with Gasteiger partial charge in [0.25, 0.3) is 5.91 Å². The maximum absolute atomic E-state index is 14.8. The lowest BCUT2D eigenvalue weighted by Crippen LogP contribution is -2.31. The van der Waals surface area contributed by atoms with Crippen LogP contribution >= 0.6 is 0 Å². The summed E-state index contributed by atoms with van der Waals surface area (Å²) in [6, 6.07) is 0. The Bertz CT molecular complexity index is 873. The zero-order valence-electron chi connectivity index (χ0n) is 14.1. The Morgan fingerprint density at radius 1 is 1.28 bits per heavy atom. The molecule has 3 rings (SSSR count). The van der Waals surface area contributed by atoms with Crippen molar-refractivity contribution >= 4 is 16.8 Å². The lowest BCUT2D eigenvalue weighted by atomic mass is 9.86. The molecule has 2 aromatic rings. The summed E-state index contributed by atoms with van der Waals surface area (Å²) in [6.45, 7) is 4.59. The van der Waals surface area contributed by atoms with Gasteiger partial charge in [-0.15, -0.1) is 0 Å². The monoisotopic (exact) mass is 351 g/mol. The third-order valence-corrected chi connectivity index (χ3v) is 4.75. The number of benzene rings is 1. The van der Waals surface area contributed by atoms with Crippen molar-refractivity contribution in [3.63, 3.8) is 0 Å². The average Bonchev–Trinajstić information content (AvgIpc) is 2.84. The van der Waals surface area contributed by atoms with Crippen LogP contribution in [-0.2, 0) is 0 Å². The molecule has 4 nitrogen and oxygen atoms in total. The molecule has 1 fully saturated rings. The van der Waals surface area contributed by atoms with Crippen LogP contribution in [0.3, 0.4) is 0 Å². The number of halogens is 3. The number of nitrogens with two attached hydrogens (primary N) is 1. The minimum absolute atomic E-state index is 0.0199. The minimum atomic E-state index is -1.32. The fourth-order valence-electron chi connectivity index (χ4n) is 3.69. The van der Waals surface area contributed by atoms with Crippen LogP contribution < -0.4 is 5.73 Å². The largest absolute Gasteiger partial charge is 0.377 e. The van der Waals surface area contributed by atoms with Gasteiger partial charge in [0.1, 0.15) is 5.56 Å². The third kappa shape index (κ3) is 2.77. The SMILES string of the molecule is CC=CN1CCC[C@H](c2c(F)c(F)c(C(N)=O)c3[nH]c(C)c(F)c23)C1. The van der Waals surface area contributed by atoms with Crippen LogP contribution in [0.1, 0.15) is 47.3 Å². The van der Waals surface area contributed by atoms with Gasteiger partial charge in [-0.2, -0.15) is 0 Å². The molecule has 3 N–H and O–H groups in total. The van der Waals surface area contributed by atoms with Gasteiger partial charge in [-0.1, -0.05) is 6.08 Å². The quantitative estimate of drug-likeness (QED) is 0.886. The molecular formula is C18H20F3N3O. The first-order valence-corrected chi connectivity index (χ1v) is 8.22. The first kappa shape index (κ1) is 17.4. The Balaban J connectivity index is 2.26. The molecule has 134 valence electrons. The molecule has 1 atom stereocenters. The summed E-state index contributed by atoms with van der Waals surface area (Å²) in [6.07, 6.45) is 5.14. The molecule has 1 aliphatic heterocycles. The average molecular weight is 351 g/mol. The number of likely N-dealkylation sites (tertiary alicyclic amines) is 1. The molecule has 25 heavy (non-hydrogen) atoms. The number of hydrogen-bond donors (Lipinski definition) is 2. The second-order valence-electron chi connectivity index (χ2n) is 6.41. The van der Waals surface area contributed by atoms with Crippen LogP contribution in [0.2, 0.25) is 0 Å². The number of primary amides is 1. The molecule has 1 aromatic carbocycles. The number of nitrogens with one attached hydrogen (secondary N) is 1. The van der Waals surface area contributed by atoms with Crippen molar-refractivity contribution in [1.29, 1.82) is 0 Å². The van der Waals surface area contributed by atoms with Gasteiger partial charge in [-0.3, -0.25) is 4.79 Å². The summed E-state index contributed by atoms with van der Waals surface area (Å²) in [7, 11) is 0. The van der Waals surface area contributed by atoms with Gasteiger partial charge >= 0.3 is 0 Å². The van der Waals surface area contributed by atoms with E-state index in [0.29, 0.717) is 13.0 Å². The molecule has 1 saturated heterocycles. The van der Waals surface area contributed by atoms with E-state index in [1.54, 1.807) is 0 Å². The van der Waals surface area contributed by atoms with Crippen molar-refractivity contribution in [2.75, 3.05) is 13.1 Å². The Morgan fingerprint density at radius 2 is 2.00 bits per heavy atom. The van der Waals surface area contributed by atoms with Crippen LogP contribution in [0.25, 0.3) is 10.9 Å². The highest BCUT2D eigenvalue weighted by molar-refractivity contribution is 6.06. The molecular weight excluding hydrogens is 331 g/mol. The lowest BCUT2D eigenvalue weighted by molar-refractivity contribution is 0.0997. The number of nitrogens with zero attached hydrogens (tertiary/aromatic N) is 1. The summed E-state index contributed by atoms with van der Waals surface area (Å²) in [4.78, 5) is 16.2. The second-order valence-corrected chi connectivity index (χ2v) is 6.41. The summed E-state index contributed by atoms with van der Waals surface area (Å²) in [5.74, 6) is -4.69. The summed E-state index contributed by atoms with van der Waals surface area (Å²) >= 11 is 0. The predicted octanol–water partition coefficient (Wildman–Crippen LogP) is 3.71. The molecule has 0 unspecified atom stereocenters. The van der Waals surface area contributed by atoms with E-state index in [4.69, 9.17) is 5.73 Å². The maximum Gasteiger partial charge on any atom is 0.253 e. The third-order valence-electron chi connectivity index (χ3n) is 4.75. The standard InChI is InChI=1S/C18H20F3N3O/c1-3-6-24-7-4-5-10(8-24)11-12-14(19)9(2)23-17(12)13(18(22)25)16(21)15(11)20/h3,6,10,23H,4-5,7-8H2,1-2H3,(H2,22,25)/t10-/m0/s1. The van der Waals surface area contributed by atoms with Gasteiger partial charge in [0.05, 0.1) is 5.52 Å². The maximum atomic E-state index is 14.8. The highest BCUT2D eigenvalue weighted by Crippen LogP contribution is 2.39. The Morgan fingerprint density at radius 3 is 2.64 bits per heavy atom. The van der Waals surface area contributed by atoms with Gasteiger partial charge in [-0.05, 0) is 32.9 Å². The van der Waals surface area contributed by atoms with E-state index < -0.39 is 28.9 Å². The first-order chi connectivity index (χ1) is 11.9. The van der Waals surface area contributed by atoms with E-state index in [2.05, 4.69) is 4.98 Å². The molecule has 0 spiro atoms. The topological polar surface area (TPSA) is 62.1 Å². The number of carbonyl (C=O) groups excluding carboxylic acids is 1. The number of aryl methyl sites for hydroxylation is 1. The molecule has 7 heteroatoms. The first-order valence-electron chi connectivity index (χ1n) is 8.22. The van der Waals surface area contributed by atoms with E-state index in [0.717, 1.165) is 13.0 Å². The fourth-order valence-corrected chi connectivity index (χ4v) is 3.69. The minimum Gasteiger partial charge on any atom is -0.377 e. The zero-order chi connectivity index (χ0) is 18.3. The van der Waals surface area contributed by atoms with Crippen molar-refractivity contribution in [2.24, 2.45) is 5.73 Å². The van der Waals surface area contributed by atoms with Crippen molar-refractivity contribution < 1.29 is 18.0 Å². The van der Waals surface area contributed by atoms with Crippen molar-refractivity contribution in [2.45, 2.75) is 32.6 Å². The Kier molecular flexibility index (Phi) is 4.49. The van der Waals surface area contributed by atoms with Crippen LogP contribution in [0, 0.1) is 24.4 Å². The Hall–Kier alpha value is -2.44. The predicted molar refractivity (Wildman–Crippen MR) is 89.8 cm³/mol. The fraction of sp³-hybridized carbons (Fsp3) is 0.389. The molecule has 1 aliphatic rings. The number of fused-ring (bicyclic) bond motifs is 1. The van der Waals surface area contributed by atoms with Gasteiger partial charge < -0.3 is 15.6 Å². The molecule has 0 bridgehead atoms. The number of hydrogen-bond acceptors (Lipinski definition) is 2. The lowest BCUT2D eigenvalue weighted by Gasteiger charge is -2.32. The van der Waals surface area contributed by atoms with Crippen LogP contribution in [0.15, 0.2) is 12.3 Å². The number of amides is 1. The van der Waals surface area contributed by atoms with Crippen molar-refractivity contribution in [3.8, 4) is 0 Å². The molecule has 2 heterocycles. The van der Waals surface area contributed by atoms with E-state index in [-0.39, 0.29) is 28.1 Å². The number of aromatic nitrogens is 1. The smallest absolute Gasteiger partial charge is 0.253 e. The Labute approximate surface area is 143 Å². The summed E-state index contributed by atoms with van der Waals surface area (Å²) in [5, 5.41) is -0.0717. The molecule has 0 aliphatic carbocycles. The van der Waals surface area contributed by atoms with Crippen molar-refractivity contribution in [1.82, 2.24) is 9.88 Å². The molecule has 0 saturated carbocycles. The van der Waals surface area contributed by atoms with E-state index >= 15 is 0 Å².